The predicted molar refractivity (Wildman–Crippen MR) is 52.7 cm³/mol. The maximum Gasteiger partial charge on any atom is 0.395 e. The molecule has 0 aliphatic rings. The average Bonchev–Trinajstić information content (AvgIpc) is 1.80. The van der Waals surface area contributed by atoms with Gasteiger partial charge >= 0.3 is 13.3 Å². The Kier molecular flexibility index (Phi) is 4.05. The van der Waals surface area contributed by atoms with Gasteiger partial charge in [-0.05, 0) is 0 Å². The van der Waals surface area contributed by atoms with Gasteiger partial charge in [0.2, 0.25) is 0 Å². The van der Waals surface area contributed by atoms with Crippen molar-refractivity contribution < 1.29 is 23.1 Å². The van der Waals surface area contributed by atoms with E-state index in [1.54, 1.807) is 0 Å². The lowest BCUT2D eigenvalue weighted by Gasteiger charge is -2.14. The summed E-state index contributed by atoms with van der Waals surface area (Å²) in [6.45, 7) is 5.57. The minimum Gasteiger partial charge on any atom is -0.320 e. The number of hydrogen-bond acceptors (Lipinski definition) is 1. The molecule has 0 fully saturated rings. The van der Waals surface area contributed by atoms with Gasteiger partial charge in [-0.15, -0.1) is 11.5 Å². The summed E-state index contributed by atoms with van der Waals surface area (Å²) in [5.74, 6) is 2.14. The molecule has 2 N–H and O–H groups in total. The summed E-state index contributed by atoms with van der Waals surface area (Å²) in [6.07, 6.45) is -1.08. The zero-order valence-corrected chi connectivity index (χ0v) is 10.1. The lowest BCUT2D eigenvalue weighted by atomic mass is 10.5. The highest BCUT2D eigenvalue weighted by Crippen LogP contribution is 2.54. The van der Waals surface area contributed by atoms with Crippen molar-refractivity contribution in [2.24, 2.45) is 0 Å². The third-order valence-corrected chi connectivity index (χ3v) is 3.13. The normalized spacial score (nSPS) is 13.4. The molecule has 0 spiro atoms. The van der Waals surface area contributed by atoms with Gasteiger partial charge in [0, 0.05) is 0 Å². The average molecular weight is 242 g/mol. The molecule has 0 aromatic heterocycles. The minimum absolute atomic E-state index is 1.08. The fourth-order valence-corrected chi connectivity index (χ4v) is 1.42. The molecular formula is C7H13F2O3PSi. The molecule has 0 radical (unpaired) electrons. The molecule has 0 heterocycles. The quantitative estimate of drug-likeness (QED) is 0.442. The van der Waals surface area contributed by atoms with Crippen LogP contribution < -0.4 is 0 Å². The molecule has 0 aromatic carbocycles. The van der Waals surface area contributed by atoms with Crippen molar-refractivity contribution in [2.75, 3.05) is 0 Å². The van der Waals surface area contributed by atoms with Crippen LogP contribution in [0.1, 0.15) is 6.42 Å². The summed E-state index contributed by atoms with van der Waals surface area (Å²) in [6, 6.07) is 0. The molecule has 0 rings (SSSR count). The van der Waals surface area contributed by atoms with E-state index in [4.69, 9.17) is 9.79 Å². The van der Waals surface area contributed by atoms with E-state index in [-0.39, 0.29) is 0 Å². The zero-order valence-electron chi connectivity index (χ0n) is 8.21. The highest BCUT2D eigenvalue weighted by Gasteiger charge is 2.47. The van der Waals surface area contributed by atoms with Crippen molar-refractivity contribution in [3.63, 3.8) is 0 Å². The van der Waals surface area contributed by atoms with Gasteiger partial charge < -0.3 is 9.79 Å². The van der Waals surface area contributed by atoms with Gasteiger partial charge in [0.15, 0.2) is 0 Å². The van der Waals surface area contributed by atoms with Crippen molar-refractivity contribution in [3.8, 4) is 11.5 Å². The maximum atomic E-state index is 12.7. The van der Waals surface area contributed by atoms with E-state index in [0.717, 1.165) is 0 Å². The van der Waals surface area contributed by atoms with Crippen molar-refractivity contribution in [1.29, 1.82) is 0 Å². The maximum absolute atomic E-state index is 12.7. The molecule has 0 saturated heterocycles. The molecule has 0 aliphatic carbocycles. The van der Waals surface area contributed by atoms with Gasteiger partial charge in [-0.25, -0.2) is 0 Å². The fourth-order valence-electron chi connectivity index (χ4n) is 0.519. The Labute approximate surface area is 82.7 Å². The van der Waals surface area contributed by atoms with Gasteiger partial charge in [0.1, 0.15) is 8.07 Å². The zero-order chi connectivity index (χ0) is 11.6. The smallest absolute Gasteiger partial charge is 0.320 e. The van der Waals surface area contributed by atoms with E-state index in [2.05, 4.69) is 11.5 Å². The van der Waals surface area contributed by atoms with Crippen LogP contribution >= 0.6 is 7.60 Å². The van der Waals surface area contributed by atoms with Crippen molar-refractivity contribution in [2.45, 2.75) is 31.7 Å². The first-order valence-corrected chi connectivity index (χ1v) is 9.00. The van der Waals surface area contributed by atoms with E-state index in [1.165, 1.54) is 0 Å². The van der Waals surface area contributed by atoms with Gasteiger partial charge in [0.05, 0.1) is 6.42 Å². The number of halogens is 2. The standard InChI is InChI=1S/C7H13F2O3PSi/c1-14(2,3)6-4-5-7(8,9)13(10,11)12/h5H2,1-3H3,(H2,10,11,12). The Balaban J connectivity index is 4.54. The van der Waals surface area contributed by atoms with E-state index in [9.17, 15) is 13.3 Å². The van der Waals surface area contributed by atoms with Crippen LogP contribution in [0.3, 0.4) is 0 Å². The van der Waals surface area contributed by atoms with Gasteiger partial charge in [0.25, 0.3) is 0 Å². The number of alkyl halides is 2. The monoisotopic (exact) mass is 242 g/mol. The van der Waals surface area contributed by atoms with Crippen LogP contribution in [0.5, 0.6) is 0 Å². The van der Waals surface area contributed by atoms with Crippen molar-refractivity contribution in [3.05, 3.63) is 0 Å². The topological polar surface area (TPSA) is 57.5 Å². The van der Waals surface area contributed by atoms with Crippen LogP contribution in [-0.4, -0.2) is 23.5 Å². The Morgan fingerprint density at radius 1 is 1.36 bits per heavy atom. The summed E-state index contributed by atoms with van der Waals surface area (Å²) in [4.78, 5) is 16.6. The molecule has 14 heavy (non-hydrogen) atoms. The van der Waals surface area contributed by atoms with E-state index < -0.39 is 27.8 Å². The largest absolute Gasteiger partial charge is 0.395 e. The number of rotatable bonds is 2. The van der Waals surface area contributed by atoms with E-state index >= 15 is 0 Å². The second-order valence-electron chi connectivity index (χ2n) is 3.94. The first kappa shape index (κ1) is 13.8. The van der Waals surface area contributed by atoms with Crippen LogP contribution in [0.2, 0.25) is 19.6 Å². The third-order valence-electron chi connectivity index (χ3n) is 1.19. The van der Waals surface area contributed by atoms with Crippen LogP contribution in [0.15, 0.2) is 0 Å². The lowest BCUT2D eigenvalue weighted by molar-refractivity contribution is 0.0643. The summed E-state index contributed by atoms with van der Waals surface area (Å²) in [5, 5.41) is 0. The van der Waals surface area contributed by atoms with Crippen molar-refractivity contribution >= 4 is 15.7 Å². The Hall–Kier alpha value is -0.213. The van der Waals surface area contributed by atoms with E-state index in [1.807, 2.05) is 19.6 Å². The molecule has 7 heteroatoms. The number of hydrogen-bond donors (Lipinski definition) is 2. The molecular weight excluding hydrogens is 229 g/mol. The van der Waals surface area contributed by atoms with Gasteiger partial charge in [-0.1, -0.05) is 19.6 Å². The molecule has 0 amide bonds. The van der Waals surface area contributed by atoms with Crippen LogP contribution in [0, 0.1) is 11.5 Å². The van der Waals surface area contributed by atoms with Crippen LogP contribution in [0.4, 0.5) is 8.78 Å². The molecule has 0 unspecified atom stereocenters. The summed E-state index contributed by atoms with van der Waals surface area (Å²) >= 11 is 0. The Morgan fingerprint density at radius 3 is 2.07 bits per heavy atom. The first-order valence-electron chi connectivity index (χ1n) is 3.89. The Bertz CT molecular complexity index is 307. The second kappa shape index (κ2) is 4.11. The summed E-state index contributed by atoms with van der Waals surface area (Å²) in [5.41, 5.74) is -1.41. The van der Waals surface area contributed by atoms with Gasteiger partial charge in [-0.2, -0.15) is 8.78 Å². The van der Waals surface area contributed by atoms with Crippen LogP contribution in [0.25, 0.3) is 0 Å². The highest BCUT2D eigenvalue weighted by atomic mass is 31.2. The minimum atomic E-state index is -5.37. The molecule has 3 nitrogen and oxygen atoms in total. The first-order chi connectivity index (χ1) is 5.96. The van der Waals surface area contributed by atoms with Crippen LogP contribution in [-0.2, 0) is 4.57 Å². The fraction of sp³-hybridized carbons (Fsp3) is 0.714. The lowest BCUT2D eigenvalue weighted by Crippen LogP contribution is -2.18. The molecule has 82 valence electrons. The summed E-state index contributed by atoms with van der Waals surface area (Å²) in [7, 11) is -7.13. The molecule has 0 saturated carbocycles. The predicted octanol–water partition coefficient (Wildman–Crippen LogP) is 2.03. The van der Waals surface area contributed by atoms with E-state index in [0.29, 0.717) is 0 Å². The highest BCUT2D eigenvalue weighted by molar-refractivity contribution is 7.53. The molecule has 0 atom stereocenters. The SMILES string of the molecule is C[Si](C)(C)C#CCC(F)(F)P(=O)(O)O. The summed E-state index contributed by atoms with van der Waals surface area (Å²) < 4.78 is 35.6. The second-order valence-corrected chi connectivity index (χ2v) is 10.4. The van der Waals surface area contributed by atoms with Gasteiger partial charge in [-0.3, -0.25) is 4.57 Å². The third kappa shape index (κ3) is 4.87. The Morgan fingerprint density at radius 2 is 1.79 bits per heavy atom. The molecule has 0 aliphatic heterocycles. The molecule has 0 bridgehead atoms. The van der Waals surface area contributed by atoms with Crippen molar-refractivity contribution in [1.82, 2.24) is 0 Å². The molecule has 0 aromatic rings.